The molecule has 0 saturated carbocycles. The summed E-state index contributed by atoms with van der Waals surface area (Å²) in [5.74, 6) is -0.409. The van der Waals surface area contributed by atoms with Crippen LogP contribution in [0.25, 0.3) is 0 Å². The second-order valence-electron chi connectivity index (χ2n) is 4.10. The van der Waals surface area contributed by atoms with Crippen LogP contribution < -0.4 is 16.4 Å². The molecule has 0 unspecified atom stereocenters. The molecule has 0 aromatic heterocycles. The van der Waals surface area contributed by atoms with E-state index in [1.807, 2.05) is 6.92 Å². The van der Waals surface area contributed by atoms with Crippen molar-refractivity contribution in [3.8, 4) is 0 Å². The van der Waals surface area contributed by atoms with Crippen LogP contribution in [0.5, 0.6) is 0 Å². The molecule has 0 aliphatic heterocycles. The highest BCUT2D eigenvalue weighted by atomic mass is 35.5. The Morgan fingerprint density at radius 2 is 2.00 bits per heavy atom. The van der Waals surface area contributed by atoms with Gasteiger partial charge in [-0.1, -0.05) is 25.4 Å². The molecule has 1 aromatic carbocycles. The first-order chi connectivity index (χ1) is 8.97. The minimum atomic E-state index is -0.579. The van der Waals surface area contributed by atoms with Crippen molar-refractivity contribution in [1.29, 1.82) is 0 Å². The van der Waals surface area contributed by atoms with E-state index in [0.717, 1.165) is 0 Å². The summed E-state index contributed by atoms with van der Waals surface area (Å²) in [4.78, 5) is 23.0. The molecule has 6 heteroatoms. The predicted octanol–water partition coefficient (Wildman–Crippen LogP) is 2.36. The van der Waals surface area contributed by atoms with E-state index in [0.29, 0.717) is 29.2 Å². The summed E-state index contributed by atoms with van der Waals surface area (Å²) in [7, 11) is 0. The number of halogens is 1. The first-order valence-corrected chi connectivity index (χ1v) is 6.51. The maximum absolute atomic E-state index is 11.7. The van der Waals surface area contributed by atoms with E-state index in [1.54, 1.807) is 25.1 Å². The average Bonchev–Trinajstić information content (AvgIpc) is 2.41. The fourth-order valence-corrected chi connectivity index (χ4v) is 1.52. The summed E-state index contributed by atoms with van der Waals surface area (Å²) in [5, 5.41) is 5.74. The number of nitrogens with one attached hydrogen (secondary N) is 2. The number of rotatable bonds is 5. The third-order valence-electron chi connectivity index (χ3n) is 2.61. The number of nitrogens with two attached hydrogens (primary N) is 1. The summed E-state index contributed by atoms with van der Waals surface area (Å²) >= 11 is 5.99. The molecule has 0 aliphatic rings. The van der Waals surface area contributed by atoms with Gasteiger partial charge in [-0.05, 0) is 24.6 Å². The van der Waals surface area contributed by atoms with Gasteiger partial charge in [-0.3, -0.25) is 9.59 Å². The molecule has 0 aliphatic carbocycles. The van der Waals surface area contributed by atoms with Crippen molar-refractivity contribution >= 4 is 34.8 Å². The number of hydrogen-bond acceptors (Lipinski definition) is 3. The molecule has 104 valence electrons. The number of carbonyl (C=O) groups is 2. The first-order valence-electron chi connectivity index (χ1n) is 6.13. The van der Waals surface area contributed by atoms with E-state index >= 15 is 0 Å². The molecule has 0 spiro atoms. The maximum atomic E-state index is 11.7. The van der Waals surface area contributed by atoms with Crippen LogP contribution in [0, 0.1) is 0 Å². The van der Waals surface area contributed by atoms with E-state index in [1.165, 1.54) is 0 Å². The second-order valence-corrected chi connectivity index (χ2v) is 4.51. The van der Waals surface area contributed by atoms with Gasteiger partial charge in [0.05, 0.1) is 16.8 Å². The molecule has 1 atom stereocenters. The lowest BCUT2D eigenvalue weighted by atomic mass is 10.2. The van der Waals surface area contributed by atoms with Gasteiger partial charge in [-0.25, -0.2) is 0 Å². The fraction of sp³-hybridized carbons (Fsp3) is 0.385. The molecule has 19 heavy (non-hydrogen) atoms. The van der Waals surface area contributed by atoms with Crippen LogP contribution in [0.2, 0.25) is 5.02 Å². The predicted molar refractivity (Wildman–Crippen MR) is 77.3 cm³/mol. The van der Waals surface area contributed by atoms with E-state index in [-0.39, 0.29) is 11.8 Å². The van der Waals surface area contributed by atoms with Crippen LogP contribution in [0.4, 0.5) is 11.4 Å². The standard InChI is InChI=1S/C13H18ClN3O2/c1-3-10(15)13(19)17-11-7-8(5-6-9(11)14)16-12(18)4-2/h5-7,10H,3-4,15H2,1-2H3,(H,16,18)(H,17,19)/t10-/m1/s1. The third-order valence-corrected chi connectivity index (χ3v) is 2.94. The highest BCUT2D eigenvalue weighted by molar-refractivity contribution is 6.34. The molecule has 1 aromatic rings. The SMILES string of the molecule is CCC(=O)Nc1ccc(Cl)c(NC(=O)[C@H](N)CC)c1. The van der Waals surface area contributed by atoms with Crippen LogP contribution in [-0.2, 0) is 9.59 Å². The lowest BCUT2D eigenvalue weighted by Gasteiger charge is -2.13. The van der Waals surface area contributed by atoms with E-state index in [4.69, 9.17) is 17.3 Å². The highest BCUT2D eigenvalue weighted by Crippen LogP contribution is 2.25. The third kappa shape index (κ3) is 4.54. The fourth-order valence-electron chi connectivity index (χ4n) is 1.36. The Labute approximate surface area is 117 Å². The molecule has 5 nitrogen and oxygen atoms in total. The minimum absolute atomic E-state index is 0.107. The summed E-state index contributed by atoms with van der Waals surface area (Å²) in [6.45, 7) is 3.58. The number of hydrogen-bond donors (Lipinski definition) is 3. The maximum Gasteiger partial charge on any atom is 0.241 e. The molecule has 1 rings (SSSR count). The lowest BCUT2D eigenvalue weighted by molar-refractivity contribution is -0.117. The number of amides is 2. The molecule has 2 amide bonds. The monoisotopic (exact) mass is 283 g/mol. The molecule has 0 heterocycles. The Morgan fingerprint density at radius 3 is 2.58 bits per heavy atom. The van der Waals surface area contributed by atoms with Gasteiger partial charge in [0.15, 0.2) is 0 Å². The smallest absolute Gasteiger partial charge is 0.241 e. The van der Waals surface area contributed by atoms with Gasteiger partial charge < -0.3 is 16.4 Å². The summed E-state index contributed by atoms with van der Waals surface area (Å²) < 4.78 is 0. The zero-order valence-corrected chi connectivity index (χ0v) is 11.8. The van der Waals surface area contributed by atoms with Gasteiger partial charge in [0.1, 0.15) is 0 Å². The summed E-state index contributed by atoms with van der Waals surface area (Å²) in [5.41, 5.74) is 6.64. The van der Waals surface area contributed by atoms with Crippen molar-refractivity contribution in [2.75, 3.05) is 10.6 Å². The van der Waals surface area contributed by atoms with Gasteiger partial charge in [-0.15, -0.1) is 0 Å². The molecule has 0 radical (unpaired) electrons. The quantitative estimate of drug-likeness (QED) is 0.775. The number of anilines is 2. The number of carbonyl (C=O) groups excluding carboxylic acids is 2. The summed E-state index contributed by atoms with van der Waals surface area (Å²) in [6.07, 6.45) is 0.917. The first kappa shape index (κ1) is 15.5. The molecule has 4 N–H and O–H groups in total. The second kappa shape index (κ2) is 7.11. The largest absolute Gasteiger partial charge is 0.326 e. The van der Waals surface area contributed by atoms with Crippen molar-refractivity contribution in [1.82, 2.24) is 0 Å². The van der Waals surface area contributed by atoms with Crippen molar-refractivity contribution in [3.05, 3.63) is 23.2 Å². The Bertz CT molecular complexity index is 477. The van der Waals surface area contributed by atoms with Crippen molar-refractivity contribution in [2.45, 2.75) is 32.7 Å². The Balaban J connectivity index is 2.85. The zero-order chi connectivity index (χ0) is 14.4. The topological polar surface area (TPSA) is 84.2 Å². The van der Waals surface area contributed by atoms with Gasteiger partial charge in [0.25, 0.3) is 0 Å². The Kier molecular flexibility index (Phi) is 5.79. The van der Waals surface area contributed by atoms with Gasteiger partial charge >= 0.3 is 0 Å². The van der Waals surface area contributed by atoms with Crippen LogP contribution in [0.1, 0.15) is 26.7 Å². The van der Waals surface area contributed by atoms with E-state index in [2.05, 4.69) is 10.6 Å². The van der Waals surface area contributed by atoms with E-state index in [9.17, 15) is 9.59 Å². The lowest BCUT2D eigenvalue weighted by Crippen LogP contribution is -2.34. The van der Waals surface area contributed by atoms with Crippen LogP contribution >= 0.6 is 11.6 Å². The molecule has 0 bridgehead atoms. The highest BCUT2D eigenvalue weighted by Gasteiger charge is 2.13. The Hall–Kier alpha value is -1.59. The van der Waals surface area contributed by atoms with Crippen LogP contribution in [0.3, 0.4) is 0 Å². The van der Waals surface area contributed by atoms with E-state index < -0.39 is 6.04 Å². The van der Waals surface area contributed by atoms with Crippen LogP contribution in [0.15, 0.2) is 18.2 Å². The zero-order valence-electron chi connectivity index (χ0n) is 11.0. The van der Waals surface area contributed by atoms with Crippen molar-refractivity contribution in [3.63, 3.8) is 0 Å². The normalized spacial score (nSPS) is 11.8. The molecular weight excluding hydrogens is 266 g/mol. The van der Waals surface area contributed by atoms with Crippen molar-refractivity contribution in [2.24, 2.45) is 5.73 Å². The Morgan fingerprint density at radius 1 is 1.32 bits per heavy atom. The molecular formula is C13H18ClN3O2. The summed E-state index contributed by atoms with van der Waals surface area (Å²) in [6, 6.07) is 4.31. The molecule has 0 fully saturated rings. The van der Waals surface area contributed by atoms with Crippen molar-refractivity contribution < 1.29 is 9.59 Å². The minimum Gasteiger partial charge on any atom is -0.326 e. The molecule has 0 saturated heterocycles. The van der Waals surface area contributed by atoms with Gasteiger partial charge in [0.2, 0.25) is 11.8 Å². The average molecular weight is 284 g/mol. The van der Waals surface area contributed by atoms with Gasteiger partial charge in [0, 0.05) is 12.1 Å². The number of benzene rings is 1. The van der Waals surface area contributed by atoms with Gasteiger partial charge in [-0.2, -0.15) is 0 Å². The van der Waals surface area contributed by atoms with Crippen LogP contribution in [-0.4, -0.2) is 17.9 Å².